The summed E-state index contributed by atoms with van der Waals surface area (Å²) in [6, 6.07) is 10.2. The average Bonchev–Trinajstić information content (AvgIpc) is 3.27. The van der Waals surface area contributed by atoms with Crippen molar-refractivity contribution in [3.8, 4) is 11.3 Å². The lowest BCUT2D eigenvalue weighted by atomic mass is 10.0. The monoisotopic (exact) mass is 363 g/mol. The van der Waals surface area contributed by atoms with Gasteiger partial charge in [0.25, 0.3) is 5.91 Å². The van der Waals surface area contributed by atoms with Crippen LogP contribution in [0.4, 0.5) is 0 Å². The maximum Gasteiger partial charge on any atom is 0.274 e. The number of hydrogen-bond acceptors (Lipinski definition) is 4. The van der Waals surface area contributed by atoms with Gasteiger partial charge in [0, 0.05) is 54.0 Å². The van der Waals surface area contributed by atoms with E-state index in [0.29, 0.717) is 32.0 Å². The number of fused-ring (bicyclic) bond motifs is 2. The van der Waals surface area contributed by atoms with Crippen LogP contribution < -0.4 is 0 Å². The standard InChI is InChI=1S/C20H21N5O2/c26-20(19-15-12-27-11-8-17(15)22-24-19)25-9-6-14-16(7-10-25)21-23-18(14)13-4-2-1-3-5-13/h1-5H,6-12H2,(H,21,23)(H,22,24). The summed E-state index contributed by atoms with van der Waals surface area (Å²) in [6.07, 6.45) is 2.33. The molecule has 0 saturated carbocycles. The van der Waals surface area contributed by atoms with Gasteiger partial charge in [0.1, 0.15) is 0 Å². The zero-order valence-electron chi connectivity index (χ0n) is 15.0. The Labute approximate surface area is 156 Å². The van der Waals surface area contributed by atoms with E-state index in [0.717, 1.165) is 47.5 Å². The van der Waals surface area contributed by atoms with Gasteiger partial charge in [0.05, 0.1) is 18.9 Å². The molecule has 0 atom stereocenters. The lowest BCUT2D eigenvalue weighted by molar-refractivity contribution is 0.0743. The summed E-state index contributed by atoms with van der Waals surface area (Å²) in [5.41, 5.74) is 6.89. The summed E-state index contributed by atoms with van der Waals surface area (Å²) in [5, 5.41) is 15.0. The number of aromatic nitrogens is 4. The number of nitrogens with one attached hydrogen (secondary N) is 2. The Morgan fingerprint density at radius 3 is 2.63 bits per heavy atom. The number of aromatic amines is 2. The second-order valence-electron chi connectivity index (χ2n) is 7.02. The molecule has 7 heteroatoms. The van der Waals surface area contributed by atoms with Crippen LogP contribution in [0.25, 0.3) is 11.3 Å². The Balaban J connectivity index is 1.38. The normalized spacial score (nSPS) is 16.5. The fourth-order valence-corrected chi connectivity index (χ4v) is 3.96. The second kappa shape index (κ2) is 6.66. The number of carbonyl (C=O) groups is 1. The molecule has 0 unspecified atom stereocenters. The van der Waals surface area contributed by atoms with Crippen molar-refractivity contribution in [2.75, 3.05) is 19.7 Å². The Hall–Kier alpha value is -2.93. The predicted molar refractivity (Wildman–Crippen MR) is 99.3 cm³/mol. The van der Waals surface area contributed by atoms with Crippen molar-refractivity contribution < 1.29 is 9.53 Å². The predicted octanol–water partition coefficient (Wildman–Crippen LogP) is 2.11. The molecule has 7 nitrogen and oxygen atoms in total. The molecule has 1 aromatic carbocycles. The number of ether oxygens (including phenoxy) is 1. The Morgan fingerprint density at radius 2 is 1.74 bits per heavy atom. The number of amides is 1. The van der Waals surface area contributed by atoms with E-state index >= 15 is 0 Å². The summed E-state index contributed by atoms with van der Waals surface area (Å²) in [4.78, 5) is 15.0. The SMILES string of the molecule is O=C(c1n[nH]c2c1COCC2)N1CCc2[nH]nc(-c3ccccc3)c2CC1. The van der Waals surface area contributed by atoms with Crippen molar-refractivity contribution in [2.24, 2.45) is 0 Å². The highest BCUT2D eigenvalue weighted by molar-refractivity contribution is 5.94. The van der Waals surface area contributed by atoms with Crippen LogP contribution in [0.3, 0.4) is 0 Å². The van der Waals surface area contributed by atoms with Crippen molar-refractivity contribution in [3.63, 3.8) is 0 Å². The molecule has 0 radical (unpaired) electrons. The smallest absolute Gasteiger partial charge is 0.274 e. The van der Waals surface area contributed by atoms with Crippen molar-refractivity contribution >= 4 is 5.91 Å². The van der Waals surface area contributed by atoms with E-state index in [1.54, 1.807) is 0 Å². The largest absolute Gasteiger partial charge is 0.376 e. The van der Waals surface area contributed by atoms with Gasteiger partial charge < -0.3 is 9.64 Å². The fourth-order valence-electron chi connectivity index (χ4n) is 3.96. The highest BCUT2D eigenvalue weighted by Crippen LogP contribution is 2.27. The summed E-state index contributed by atoms with van der Waals surface area (Å²) < 4.78 is 5.52. The summed E-state index contributed by atoms with van der Waals surface area (Å²) in [6.45, 7) is 2.46. The van der Waals surface area contributed by atoms with E-state index in [1.165, 1.54) is 5.56 Å². The Bertz CT molecular complexity index is 976. The van der Waals surface area contributed by atoms with E-state index in [9.17, 15) is 4.79 Å². The molecule has 0 bridgehead atoms. The number of H-pyrrole nitrogens is 2. The van der Waals surface area contributed by atoms with Crippen LogP contribution in [0.15, 0.2) is 30.3 Å². The number of rotatable bonds is 2. The molecule has 0 saturated heterocycles. The van der Waals surface area contributed by atoms with Gasteiger partial charge in [-0.3, -0.25) is 15.0 Å². The Morgan fingerprint density at radius 1 is 0.963 bits per heavy atom. The number of hydrogen-bond donors (Lipinski definition) is 2. The van der Waals surface area contributed by atoms with Crippen LogP contribution in [-0.4, -0.2) is 50.9 Å². The van der Waals surface area contributed by atoms with Gasteiger partial charge in [-0.1, -0.05) is 30.3 Å². The molecule has 2 aromatic heterocycles. The summed E-state index contributed by atoms with van der Waals surface area (Å²) in [7, 11) is 0. The van der Waals surface area contributed by atoms with E-state index in [1.807, 2.05) is 23.1 Å². The van der Waals surface area contributed by atoms with Gasteiger partial charge in [-0.2, -0.15) is 10.2 Å². The first-order valence-electron chi connectivity index (χ1n) is 9.36. The third kappa shape index (κ3) is 2.84. The van der Waals surface area contributed by atoms with Crippen LogP contribution in [0.1, 0.15) is 33.0 Å². The van der Waals surface area contributed by atoms with Crippen LogP contribution in [0, 0.1) is 0 Å². The van der Waals surface area contributed by atoms with E-state index < -0.39 is 0 Å². The second-order valence-corrected chi connectivity index (χ2v) is 7.02. The maximum absolute atomic E-state index is 13.1. The molecule has 1 amide bonds. The maximum atomic E-state index is 13.1. The van der Waals surface area contributed by atoms with Gasteiger partial charge in [0.2, 0.25) is 0 Å². The van der Waals surface area contributed by atoms with Crippen molar-refractivity contribution in [1.29, 1.82) is 0 Å². The van der Waals surface area contributed by atoms with Gasteiger partial charge in [0.15, 0.2) is 5.69 Å². The number of carbonyl (C=O) groups excluding carboxylic acids is 1. The van der Waals surface area contributed by atoms with E-state index in [-0.39, 0.29) is 5.91 Å². The van der Waals surface area contributed by atoms with Crippen LogP contribution in [-0.2, 0) is 30.6 Å². The van der Waals surface area contributed by atoms with Gasteiger partial charge in [-0.05, 0) is 6.42 Å². The Kier molecular flexibility index (Phi) is 4.01. The molecule has 5 rings (SSSR count). The van der Waals surface area contributed by atoms with Crippen LogP contribution >= 0.6 is 0 Å². The van der Waals surface area contributed by atoms with E-state index in [2.05, 4.69) is 32.5 Å². The third-order valence-electron chi connectivity index (χ3n) is 5.45. The molecule has 0 aliphatic carbocycles. The van der Waals surface area contributed by atoms with Gasteiger partial charge in [-0.15, -0.1) is 0 Å². The minimum absolute atomic E-state index is 0.0163. The molecular weight excluding hydrogens is 342 g/mol. The fraction of sp³-hybridized carbons (Fsp3) is 0.350. The van der Waals surface area contributed by atoms with Crippen molar-refractivity contribution in [1.82, 2.24) is 25.3 Å². The first-order chi connectivity index (χ1) is 13.3. The number of nitrogens with zero attached hydrogens (tertiary/aromatic N) is 3. The number of benzene rings is 1. The topological polar surface area (TPSA) is 86.9 Å². The molecule has 4 heterocycles. The third-order valence-corrected chi connectivity index (χ3v) is 5.45. The zero-order chi connectivity index (χ0) is 18.2. The summed E-state index contributed by atoms with van der Waals surface area (Å²) >= 11 is 0. The first-order valence-corrected chi connectivity index (χ1v) is 9.36. The molecule has 2 N–H and O–H groups in total. The lowest BCUT2D eigenvalue weighted by Gasteiger charge is -2.20. The molecule has 138 valence electrons. The van der Waals surface area contributed by atoms with Crippen molar-refractivity contribution in [3.05, 3.63) is 58.5 Å². The highest BCUT2D eigenvalue weighted by atomic mass is 16.5. The average molecular weight is 363 g/mol. The van der Waals surface area contributed by atoms with Gasteiger partial charge >= 0.3 is 0 Å². The molecular formula is C20H21N5O2. The van der Waals surface area contributed by atoms with Crippen LogP contribution in [0.2, 0.25) is 0 Å². The quantitative estimate of drug-likeness (QED) is 0.730. The zero-order valence-corrected chi connectivity index (χ0v) is 15.0. The first kappa shape index (κ1) is 16.3. The molecule has 2 aliphatic rings. The minimum atomic E-state index is -0.0163. The molecule has 2 aliphatic heterocycles. The van der Waals surface area contributed by atoms with Crippen LogP contribution in [0.5, 0.6) is 0 Å². The minimum Gasteiger partial charge on any atom is -0.376 e. The molecule has 0 fully saturated rings. The summed E-state index contributed by atoms with van der Waals surface area (Å²) in [5.74, 6) is -0.0163. The van der Waals surface area contributed by atoms with Gasteiger partial charge in [-0.25, -0.2) is 0 Å². The van der Waals surface area contributed by atoms with E-state index in [4.69, 9.17) is 4.74 Å². The van der Waals surface area contributed by atoms with Crippen molar-refractivity contribution in [2.45, 2.75) is 25.9 Å². The molecule has 3 aromatic rings. The lowest BCUT2D eigenvalue weighted by Crippen LogP contribution is -2.34. The highest BCUT2D eigenvalue weighted by Gasteiger charge is 2.28. The molecule has 0 spiro atoms. The molecule has 27 heavy (non-hydrogen) atoms.